The van der Waals surface area contributed by atoms with Gasteiger partial charge in [-0.1, -0.05) is 18.2 Å². The SMILES string of the molecule is O=C1CS[C@H](c2cccc([N+](=O)[O-])c2)N1c1ccccn1. The highest BCUT2D eigenvalue weighted by molar-refractivity contribution is 8.00. The van der Waals surface area contributed by atoms with E-state index in [1.54, 1.807) is 35.4 Å². The smallest absolute Gasteiger partial charge is 0.269 e. The number of nitro benzene ring substituents is 1. The normalized spacial score (nSPS) is 18.0. The first-order valence-corrected chi connectivity index (χ1v) is 7.31. The number of hydrogen-bond donors (Lipinski definition) is 0. The summed E-state index contributed by atoms with van der Waals surface area (Å²) in [5.41, 5.74) is 0.749. The van der Waals surface area contributed by atoms with Crippen molar-refractivity contribution in [2.75, 3.05) is 10.7 Å². The van der Waals surface area contributed by atoms with Crippen molar-refractivity contribution in [2.45, 2.75) is 5.37 Å². The van der Waals surface area contributed by atoms with Crippen LogP contribution in [0.1, 0.15) is 10.9 Å². The molecule has 3 rings (SSSR count). The Morgan fingerprint density at radius 2 is 2.14 bits per heavy atom. The zero-order chi connectivity index (χ0) is 14.8. The van der Waals surface area contributed by atoms with Crippen molar-refractivity contribution in [3.05, 3.63) is 64.3 Å². The largest absolute Gasteiger partial charge is 0.279 e. The number of rotatable bonds is 3. The van der Waals surface area contributed by atoms with Gasteiger partial charge in [0.15, 0.2) is 0 Å². The van der Waals surface area contributed by atoms with Crippen molar-refractivity contribution in [1.29, 1.82) is 0 Å². The monoisotopic (exact) mass is 301 g/mol. The fourth-order valence-electron chi connectivity index (χ4n) is 2.21. The lowest BCUT2D eigenvalue weighted by Crippen LogP contribution is -2.28. The van der Waals surface area contributed by atoms with E-state index in [4.69, 9.17) is 0 Å². The highest BCUT2D eigenvalue weighted by atomic mass is 32.2. The molecule has 0 N–H and O–H groups in total. The third kappa shape index (κ3) is 2.59. The van der Waals surface area contributed by atoms with Gasteiger partial charge in [-0.15, -0.1) is 11.8 Å². The number of carbonyl (C=O) groups is 1. The fraction of sp³-hybridized carbons (Fsp3) is 0.143. The summed E-state index contributed by atoms with van der Waals surface area (Å²) in [6, 6.07) is 11.7. The van der Waals surface area contributed by atoms with E-state index in [9.17, 15) is 14.9 Å². The molecule has 2 aromatic rings. The van der Waals surface area contributed by atoms with Gasteiger partial charge < -0.3 is 0 Å². The number of amides is 1. The second-order valence-electron chi connectivity index (χ2n) is 4.47. The molecule has 1 aliphatic heterocycles. The molecule has 0 unspecified atom stereocenters. The highest BCUT2D eigenvalue weighted by Crippen LogP contribution is 2.41. The third-order valence-electron chi connectivity index (χ3n) is 3.13. The molecule has 0 aliphatic carbocycles. The van der Waals surface area contributed by atoms with E-state index in [1.165, 1.54) is 23.9 Å². The van der Waals surface area contributed by atoms with Crippen LogP contribution in [-0.4, -0.2) is 21.6 Å². The minimum Gasteiger partial charge on any atom is -0.279 e. The Bertz CT molecular complexity index is 693. The second kappa shape index (κ2) is 5.53. The average molecular weight is 301 g/mol. The maximum Gasteiger partial charge on any atom is 0.269 e. The first kappa shape index (κ1) is 13.6. The molecule has 7 heteroatoms. The summed E-state index contributed by atoms with van der Waals surface area (Å²) < 4.78 is 0. The number of anilines is 1. The Hall–Kier alpha value is -2.41. The van der Waals surface area contributed by atoms with Gasteiger partial charge in [-0.2, -0.15) is 0 Å². The highest BCUT2D eigenvalue weighted by Gasteiger charge is 2.35. The zero-order valence-corrected chi connectivity index (χ0v) is 11.7. The number of nitro groups is 1. The molecule has 21 heavy (non-hydrogen) atoms. The van der Waals surface area contributed by atoms with E-state index < -0.39 is 4.92 Å². The van der Waals surface area contributed by atoms with Crippen molar-refractivity contribution in [3.8, 4) is 0 Å². The van der Waals surface area contributed by atoms with Crippen LogP contribution in [0.25, 0.3) is 0 Å². The molecule has 0 spiro atoms. The van der Waals surface area contributed by atoms with Crippen LogP contribution >= 0.6 is 11.8 Å². The van der Waals surface area contributed by atoms with Crippen molar-refractivity contribution >= 4 is 29.2 Å². The minimum absolute atomic E-state index is 0.0217. The Morgan fingerprint density at radius 1 is 1.29 bits per heavy atom. The van der Waals surface area contributed by atoms with E-state index in [0.717, 1.165) is 5.56 Å². The molecule has 6 nitrogen and oxygen atoms in total. The third-order valence-corrected chi connectivity index (χ3v) is 4.34. The second-order valence-corrected chi connectivity index (χ2v) is 5.54. The summed E-state index contributed by atoms with van der Waals surface area (Å²) in [4.78, 5) is 28.4. The molecule has 1 saturated heterocycles. The molecule has 1 aromatic carbocycles. The molecule has 0 radical (unpaired) electrons. The molecule has 0 saturated carbocycles. The van der Waals surface area contributed by atoms with Crippen molar-refractivity contribution in [2.24, 2.45) is 0 Å². The van der Waals surface area contributed by atoms with Gasteiger partial charge >= 0.3 is 0 Å². The number of aromatic nitrogens is 1. The topological polar surface area (TPSA) is 76.3 Å². The molecule has 2 heterocycles. The summed E-state index contributed by atoms with van der Waals surface area (Å²) in [5, 5.41) is 10.6. The lowest BCUT2D eigenvalue weighted by Gasteiger charge is -2.22. The van der Waals surface area contributed by atoms with E-state index >= 15 is 0 Å². The van der Waals surface area contributed by atoms with Crippen molar-refractivity contribution < 1.29 is 9.72 Å². The van der Waals surface area contributed by atoms with Crippen LogP contribution in [0.4, 0.5) is 11.5 Å². The molecule has 1 fully saturated rings. The first-order valence-electron chi connectivity index (χ1n) is 6.26. The molecule has 1 aromatic heterocycles. The maximum atomic E-state index is 12.1. The fourth-order valence-corrected chi connectivity index (χ4v) is 3.36. The molecular formula is C14H11N3O3S. The first-order chi connectivity index (χ1) is 10.2. The number of hydrogen-bond acceptors (Lipinski definition) is 5. The molecule has 0 bridgehead atoms. The van der Waals surface area contributed by atoms with Gasteiger partial charge in [0.05, 0.1) is 10.7 Å². The summed E-state index contributed by atoms with van der Waals surface area (Å²) >= 11 is 1.44. The van der Waals surface area contributed by atoms with Crippen LogP contribution in [0.15, 0.2) is 48.7 Å². The van der Waals surface area contributed by atoms with Gasteiger partial charge in [-0.05, 0) is 17.7 Å². The Balaban J connectivity index is 1.99. The van der Waals surface area contributed by atoms with Gasteiger partial charge in [-0.25, -0.2) is 4.98 Å². The van der Waals surface area contributed by atoms with E-state index in [2.05, 4.69) is 4.98 Å². The lowest BCUT2D eigenvalue weighted by molar-refractivity contribution is -0.384. The lowest BCUT2D eigenvalue weighted by atomic mass is 10.2. The predicted molar refractivity (Wildman–Crippen MR) is 80.0 cm³/mol. The van der Waals surface area contributed by atoms with Gasteiger partial charge in [-0.3, -0.25) is 19.8 Å². The predicted octanol–water partition coefficient (Wildman–Crippen LogP) is 2.77. The van der Waals surface area contributed by atoms with Gasteiger partial charge in [0, 0.05) is 18.3 Å². The van der Waals surface area contributed by atoms with E-state index in [-0.39, 0.29) is 17.0 Å². The van der Waals surface area contributed by atoms with Gasteiger partial charge in [0.2, 0.25) is 5.91 Å². The van der Waals surface area contributed by atoms with Crippen LogP contribution < -0.4 is 4.90 Å². The summed E-state index contributed by atoms with van der Waals surface area (Å²) in [7, 11) is 0. The van der Waals surface area contributed by atoms with Crippen LogP contribution in [0.5, 0.6) is 0 Å². The average Bonchev–Trinajstić information content (AvgIpc) is 2.90. The van der Waals surface area contributed by atoms with Crippen LogP contribution in [-0.2, 0) is 4.79 Å². The molecule has 1 aliphatic rings. The minimum atomic E-state index is -0.434. The Kier molecular flexibility index (Phi) is 3.57. The molecule has 1 atom stereocenters. The summed E-state index contributed by atoms with van der Waals surface area (Å²) in [6.07, 6.45) is 1.62. The zero-order valence-electron chi connectivity index (χ0n) is 10.9. The molecule has 106 valence electrons. The summed E-state index contributed by atoms with van der Waals surface area (Å²) in [5.74, 6) is 0.850. The van der Waals surface area contributed by atoms with Crippen LogP contribution in [0, 0.1) is 10.1 Å². The number of nitrogens with zero attached hydrogens (tertiary/aromatic N) is 3. The maximum absolute atomic E-state index is 12.1. The van der Waals surface area contributed by atoms with Crippen LogP contribution in [0.3, 0.4) is 0 Å². The summed E-state index contributed by atoms with van der Waals surface area (Å²) in [6.45, 7) is 0. The molecule has 1 amide bonds. The Labute approximate surface area is 124 Å². The number of carbonyl (C=O) groups excluding carboxylic acids is 1. The van der Waals surface area contributed by atoms with Gasteiger partial charge in [0.1, 0.15) is 11.2 Å². The number of thioether (sulfide) groups is 1. The van der Waals surface area contributed by atoms with Crippen LogP contribution in [0.2, 0.25) is 0 Å². The van der Waals surface area contributed by atoms with Gasteiger partial charge in [0.25, 0.3) is 5.69 Å². The standard InChI is InChI=1S/C14H11N3O3S/c18-13-9-21-14(16(13)12-6-1-2-7-15-12)10-4-3-5-11(8-10)17(19)20/h1-8,14H,9H2/t14-/m1/s1. The van der Waals surface area contributed by atoms with Crippen molar-refractivity contribution in [1.82, 2.24) is 4.98 Å². The van der Waals surface area contributed by atoms with E-state index in [0.29, 0.717) is 11.6 Å². The molecular weight excluding hydrogens is 290 g/mol. The Morgan fingerprint density at radius 3 is 2.86 bits per heavy atom. The van der Waals surface area contributed by atoms with E-state index in [1.807, 2.05) is 6.07 Å². The quantitative estimate of drug-likeness (QED) is 0.643. The number of benzene rings is 1. The van der Waals surface area contributed by atoms with Crippen molar-refractivity contribution in [3.63, 3.8) is 0 Å². The number of pyridine rings is 1. The number of non-ortho nitro benzene ring substituents is 1.